The van der Waals surface area contributed by atoms with Crippen LogP contribution in [-0.2, 0) is 53.3 Å². The molecule has 15 heteroatoms. The van der Waals surface area contributed by atoms with Crippen molar-refractivity contribution in [1.82, 2.24) is 0 Å². The maximum Gasteiger partial charge on any atom is 0.347 e. The van der Waals surface area contributed by atoms with Crippen molar-refractivity contribution >= 4 is 29.8 Å². The Hall–Kier alpha value is -5.21. The number of hydrogen-bond donors (Lipinski definition) is 0. The monoisotopic (exact) mass is 672 g/mol. The van der Waals surface area contributed by atoms with Gasteiger partial charge < -0.3 is 47.4 Å². The van der Waals surface area contributed by atoms with Crippen LogP contribution in [0, 0.1) is 11.8 Å². The summed E-state index contributed by atoms with van der Waals surface area (Å²) >= 11 is 0. The second-order valence-corrected chi connectivity index (χ2v) is 11.0. The van der Waals surface area contributed by atoms with Crippen molar-refractivity contribution in [2.24, 2.45) is 11.8 Å². The first-order valence-corrected chi connectivity index (χ1v) is 15.2. The van der Waals surface area contributed by atoms with Crippen LogP contribution in [0.5, 0.6) is 28.7 Å². The highest BCUT2D eigenvalue weighted by Gasteiger charge is 2.69. The van der Waals surface area contributed by atoms with Gasteiger partial charge >= 0.3 is 29.8 Å². The number of methoxy groups -OCH3 is 3. The van der Waals surface area contributed by atoms with E-state index in [1.807, 2.05) is 0 Å². The van der Waals surface area contributed by atoms with Crippen molar-refractivity contribution in [3.05, 3.63) is 41.0 Å². The lowest BCUT2D eigenvalue weighted by molar-refractivity contribution is -0.208. The van der Waals surface area contributed by atoms with E-state index in [4.69, 9.17) is 47.4 Å². The molecule has 3 aliphatic heterocycles. The van der Waals surface area contributed by atoms with Crippen LogP contribution in [-0.4, -0.2) is 83.4 Å². The average molecular weight is 673 g/mol. The third kappa shape index (κ3) is 5.56. The predicted molar refractivity (Wildman–Crippen MR) is 160 cm³/mol. The summed E-state index contributed by atoms with van der Waals surface area (Å²) < 4.78 is 55.3. The van der Waals surface area contributed by atoms with Crippen molar-refractivity contribution in [2.75, 3.05) is 41.3 Å². The summed E-state index contributed by atoms with van der Waals surface area (Å²) in [6.07, 6.45) is -2.82. The smallest absolute Gasteiger partial charge is 0.347 e. The molecule has 2 aromatic rings. The molecule has 3 heterocycles. The van der Waals surface area contributed by atoms with Crippen LogP contribution in [0.25, 0.3) is 0 Å². The molecule has 0 unspecified atom stereocenters. The lowest BCUT2D eigenvalue weighted by atomic mass is 9.56. The van der Waals surface area contributed by atoms with Crippen molar-refractivity contribution in [3.8, 4) is 28.7 Å². The second-order valence-electron chi connectivity index (χ2n) is 11.0. The Kier molecular flexibility index (Phi) is 9.59. The van der Waals surface area contributed by atoms with Crippen molar-refractivity contribution in [2.45, 2.75) is 51.4 Å². The van der Waals surface area contributed by atoms with Crippen LogP contribution in [0.4, 0.5) is 0 Å². The fourth-order valence-electron chi connectivity index (χ4n) is 6.35. The van der Waals surface area contributed by atoms with Gasteiger partial charge in [0.15, 0.2) is 40.8 Å². The molecule has 2 bridgehead atoms. The Morgan fingerprint density at radius 2 is 1.35 bits per heavy atom. The summed E-state index contributed by atoms with van der Waals surface area (Å²) in [7, 11) is 4.14. The number of carbonyl (C=O) groups excluding carboxylic acids is 5. The minimum absolute atomic E-state index is 0.0144. The van der Waals surface area contributed by atoms with Crippen LogP contribution in [0.3, 0.4) is 0 Å². The van der Waals surface area contributed by atoms with E-state index in [1.54, 1.807) is 19.9 Å². The Morgan fingerprint density at radius 1 is 0.812 bits per heavy atom. The molecule has 48 heavy (non-hydrogen) atoms. The Balaban J connectivity index is 1.79. The van der Waals surface area contributed by atoms with Crippen LogP contribution in [0.15, 0.2) is 24.3 Å². The molecule has 6 rings (SSSR count). The molecule has 0 aromatic heterocycles. The maximum absolute atomic E-state index is 14.4. The quantitative estimate of drug-likeness (QED) is 0.237. The minimum atomic E-state index is -2.14. The molecule has 0 saturated carbocycles. The summed E-state index contributed by atoms with van der Waals surface area (Å²) in [4.78, 5) is 67.7. The normalized spacial score (nSPS) is 22.7. The van der Waals surface area contributed by atoms with Gasteiger partial charge in [0.1, 0.15) is 5.92 Å². The third-order valence-corrected chi connectivity index (χ3v) is 8.39. The number of benzene rings is 2. The first kappa shape index (κ1) is 34.1. The predicted octanol–water partition coefficient (Wildman–Crippen LogP) is 2.56. The molecule has 4 aliphatic rings. The molecule has 1 aliphatic carbocycles. The van der Waals surface area contributed by atoms with E-state index in [2.05, 4.69) is 0 Å². The molecule has 1 saturated heterocycles. The highest BCUT2D eigenvalue weighted by molar-refractivity contribution is 5.98. The van der Waals surface area contributed by atoms with Crippen LogP contribution < -0.4 is 23.7 Å². The van der Waals surface area contributed by atoms with Gasteiger partial charge in [-0.1, -0.05) is 0 Å². The summed E-state index contributed by atoms with van der Waals surface area (Å²) in [5.74, 6) is -8.51. The van der Waals surface area contributed by atoms with Gasteiger partial charge in [-0.05, 0) is 57.5 Å². The van der Waals surface area contributed by atoms with E-state index >= 15 is 0 Å². The van der Waals surface area contributed by atoms with Gasteiger partial charge in [-0.3, -0.25) is 14.4 Å². The van der Waals surface area contributed by atoms with Crippen molar-refractivity contribution in [3.63, 3.8) is 0 Å². The van der Waals surface area contributed by atoms with E-state index < -0.39 is 65.4 Å². The molecule has 6 atom stereocenters. The highest BCUT2D eigenvalue weighted by Crippen LogP contribution is 2.62. The number of esters is 5. The van der Waals surface area contributed by atoms with E-state index in [-0.39, 0.29) is 65.4 Å². The molecule has 1 fully saturated rings. The van der Waals surface area contributed by atoms with Crippen molar-refractivity contribution in [1.29, 1.82) is 0 Å². The minimum Gasteiger partial charge on any atom is -0.493 e. The highest BCUT2D eigenvalue weighted by atomic mass is 16.7. The van der Waals surface area contributed by atoms with Gasteiger partial charge in [0.2, 0.25) is 12.5 Å². The Labute approximate surface area is 275 Å². The zero-order valence-corrected chi connectivity index (χ0v) is 27.4. The number of rotatable bonds is 12. The van der Waals surface area contributed by atoms with Crippen LogP contribution in [0.1, 0.15) is 50.3 Å². The maximum atomic E-state index is 14.4. The fourth-order valence-corrected chi connectivity index (χ4v) is 6.35. The molecule has 0 radical (unpaired) electrons. The van der Waals surface area contributed by atoms with Crippen LogP contribution >= 0.6 is 0 Å². The van der Waals surface area contributed by atoms with E-state index in [9.17, 15) is 24.0 Å². The zero-order chi connectivity index (χ0) is 34.9. The lowest BCUT2D eigenvalue weighted by Gasteiger charge is -2.53. The number of ether oxygens (including phenoxy) is 10. The molecule has 2 aromatic carbocycles. The van der Waals surface area contributed by atoms with Gasteiger partial charge in [0.05, 0.1) is 46.4 Å². The summed E-state index contributed by atoms with van der Waals surface area (Å²) in [5.41, 5.74) is -1.49. The topological polar surface area (TPSA) is 178 Å². The molecule has 0 N–H and O–H groups in total. The van der Waals surface area contributed by atoms with Crippen LogP contribution in [0.2, 0.25) is 0 Å². The van der Waals surface area contributed by atoms with Crippen molar-refractivity contribution < 1.29 is 71.3 Å². The van der Waals surface area contributed by atoms with Gasteiger partial charge in [0, 0.05) is 11.1 Å². The lowest BCUT2D eigenvalue weighted by Crippen LogP contribution is -2.62. The SMILES string of the molecule is CCOC(=O)[C@H](C)OC(=O)[C@@H]1[C@H]2C(=O)O[C@](c3cc(OC)c(OC)c(OC)c3)(c3cc4c(cc32)OCO4)[C@H]1C(=O)O[C@@H](C)C(=O)OCC. The molecule has 15 nitrogen and oxygen atoms in total. The standard InChI is InChI=1S/C33H36O15/c1-8-42-28(34)15(3)46-30(36)25-24-18-12-20-21(45-14-44-20)13-19(18)33(48-31(24)37,26(25)32(38)47-16(4)29(35)43-9-2)17-10-22(39-5)27(41-7)23(11-17)40-6/h10-13,15-16,24-26H,8-9,14H2,1-7H3/t15-,16-,24-,25+,26+,33+/m0/s1. The van der Waals surface area contributed by atoms with Gasteiger partial charge in [0.25, 0.3) is 0 Å². The summed E-state index contributed by atoms with van der Waals surface area (Å²) in [6, 6.07) is 6.02. The van der Waals surface area contributed by atoms with E-state index in [0.717, 1.165) is 0 Å². The third-order valence-electron chi connectivity index (χ3n) is 8.39. The first-order valence-electron chi connectivity index (χ1n) is 15.2. The molecular weight excluding hydrogens is 636 g/mol. The Bertz CT molecular complexity index is 1610. The van der Waals surface area contributed by atoms with E-state index in [1.165, 1.54) is 53.4 Å². The van der Waals surface area contributed by atoms with Gasteiger partial charge in [-0.25, -0.2) is 9.59 Å². The average Bonchev–Trinajstić information content (AvgIpc) is 3.54. The molecule has 0 spiro atoms. The van der Waals surface area contributed by atoms with Gasteiger partial charge in [-0.15, -0.1) is 0 Å². The second kappa shape index (κ2) is 13.5. The molecular formula is C33H36O15. The largest absolute Gasteiger partial charge is 0.493 e. The number of carbonyl (C=O) groups is 5. The first-order chi connectivity index (χ1) is 23.0. The summed E-state index contributed by atoms with van der Waals surface area (Å²) in [6.45, 7) is 5.68. The number of fused-ring (bicyclic) bond motifs is 3. The van der Waals surface area contributed by atoms with E-state index in [0.29, 0.717) is 0 Å². The van der Waals surface area contributed by atoms with Gasteiger partial charge in [-0.2, -0.15) is 0 Å². The summed E-state index contributed by atoms with van der Waals surface area (Å²) in [5, 5.41) is 0. The number of hydrogen-bond acceptors (Lipinski definition) is 15. The molecule has 0 amide bonds. The Morgan fingerprint density at radius 3 is 1.88 bits per heavy atom. The zero-order valence-electron chi connectivity index (χ0n) is 27.4. The fraction of sp³-hybridized carbons (Fsp3) is 0.485. The molecule has 258 valence electrons.